The molecule has 4 rings (SSSR count). The number of cyclic esters (lactones) is 1. The van der Waals surface area contributed by atoms with E-state index in [1.807, 2.05) is 37.8 Å². The molecule has 6 atom stereocenters. The number of rotatable bonds is 7. The number of thioether (sulfide) groups is 1. The van der Waals surface area contributed by atoms with Crippen LogP contribution in [0.5, 0.6) is 0 Å². The van der Waals surface area contributed by atoms with E-state index >= 15 is 0 Å². The topological polar surface area (TPSA) is 87.2 Å². The molecule has 0 saturated carbocycles. The van der Waals surface area contributed by atoms with E-state index in [1.165, 1.54) is 0 Å². The lowest BCUT2D eigenvalue weighted by Crippen LogP contribution is -2.58. The standard InChI is InChI=1S/C28H42N2O5S/c1-5-6-10-15-29-16-12-14-28-21(24(32)30(23(28)25(29)33)20(18-31)19(2)3)22-26(34)35-17-11-8-7-9-13-27(22,4)36-28/h9,12-14,19-23,31H,5-8,10-11,15-18H2,1-4H3/b13-9-/t20-,21-,22+,23?,27-,28-/m0/s1. The van der Waals surface area contributed by atoms with Gasteiger partial charge in [0, 0.05) is 17.8 Å². The van der Waals surface area contributed by atoms with Gasteiger partial charge in [0.25, 0.3) is 0 Å². The molecule has 8 heteroatoms. The van der Waals surface area contributed by atoms with Crippen LogP contribution in [0.4, 0.5) is 0 Å². The molecular weight excluding hydrogens is 476 g/mol. The number of fused-ring (bicyclic) bond motifs is 2. The highest BCUT2D eigenvalue weighted by Crippen LogP contribution is 2.65. The Balaban J connectivity index is 1.84. The van der Waals surface area contributed by atoms with E-state index in [-0.39, 0.29) is 30.3 Å². The number of hydrogen-bond acceptors (Lipinski definition) is 6. The number of unbranched alkanes of at least 4 members (excludes halogenated alkanes) is 2. The van der Waals surface area contributed by atoms with Gasteiger partial charge in [-0.1, -0.05) is 57.9 Å². The lowest BCUT2D eigenvalue weighted by Gasteiger charge is -2.41. The zero-order valence-electron chi connectivity index (χ0n) is 22.2. The summed E-state index contributed by atoms with van der Waals surface area (Å²) in [5.74, 6) is -2.13. The van der Waals surface area contributed by atoms with Crippen molar-refractivity contribution in [3.05, 3.63) is 24.3 Å². The highest BCUT2D eigenvalue weighted by atomic mass is 32.2. The van der Waals surface area contributed by atoms with Crippen molar-refractivity contribution >= 4 is 29.5 Å². The second-order valence-corrected chi connectivity index (χ2v) is 13.0. The number of hydrogen-bond donors (Lipinski definition) is 1. The minimum atomic E-state index is -0.896. The Kier molecular flexibility index (Phi) is 8.25. The van der Waals surface area contributed by atoms with Crippen molar-refractivity contribution in [1.82, 2.24) is 9.80 Å². The van der Waals surface area contributed by atoms with Gasteiger partial charge in [-0.05, 0) is 38.5 Å². The summed E-state index contributed by atoms with van der Waals surface area (Å²) in [6.07, 6.45) is 13.9. The summed E-state index contributed by atoms with van der Waals surface area (Å²) < 4.78 is 4.15. The van der Waals surface area contributed by atoms with Crippen molar-refractivity contribution in [3.63, 3.8) is 0 Å². The third-order valence-corrected chi connectivity index (χ3v) is 10.2. The first kappa shape index (κ1) is 27.2. The Morgan fingerprint density at radius 3 is 2.58 bits per heavy atom. The van der Waals surface area contributed by atoms with E-state index in [4.69, 9.17) is 4.74 Å². The SMILES string of the molecule is CCCCCN1CC=C[C@]23S[C@@]4(C)/C=C\CCCCOC(=O)[C@H]4[C@H]2C(=O)N([C@@H](CO)C(C)C)C3C1=O. The average molecular weight is 519 g/mol. The van der Waals surface area contributed by atoms with Crippen LogP contribution in [0.1, 0.15) is 66.2 Å². The molecule has 0 aromatic rings. The fourth-order valence-electron chi connectivity index (χ4n) is 6.51. The Hall–Kier alpha value is -1.80. The van der Waals surface area contributed by atoms with Gasteiger partial charge in [-0.15, -0.1) is 11.8 Å². The Labute approximate surface area is 219 Å². The molecule has 0 radical (unpaired) electrons. The predicted octanol–water partition coefficient (Wildman–Crippen LogP) is 3.56. The summed E-state index contributed by atoms with van der Waals surface area (Å²) in [4.78, 5) is 45.6. The number of carbonyl (C=O) groups excluding carboxylic acids is 3. The molecule has 1 unspecified atom stereocenters. The second-order valence-electron chi connectivity index (χ2n) is 11.2. The van der Waals surface area contributed by atoms with Gasteiger partial charge >= 0.3 is 5.97 Å². The first-order valence-corrected chi connectivity index (χ1v) is 14.5. The van der Waals surface area contributed by atoms with E-state index in [1.54, 1.807) is 16.7 Å². The van der Waals surface area contributed by atoms with Gasteiger partial charge in [0.15, 0.2) is 0 Å². The molecule has 7 nitrogen and oxygen atoms in total. The maximum atomic E-state index is 14.3. The third kappa shape index (κ3) is 4.53. The van der Waals surface area contributed by atoms with Crippen molar-refractivity contribution in [2.24, 2.45) is 17.8 Å². The maximum absolute atomic E-state index is 14.3. The molecule has 0 bridgehead atoms. The van der Waals surface area contributed by atoms with Crippen molar-refractivity contribution in [1.29, 1.82) is 0 Å². The van der Waals surface area contributed by atoms with Gasteiger partial charge in [-0.25, -0.2) is 0 Å². The third-order valence-electron chi connectivity index (χ3n) is 8.37. The van der Waals surface area contributed by atoms with Crippen LogP contribution in [0, 0.1) is 17.8 Å². The van der Waals surface area contributed by atoms with E-state index in [0.717, 1.165) is 38.5 Å². The number of aliphatic hydroxyl groups excluding tert-OH is 1. The number of amides is 2. The molecule has 2 amide bonds. The average Bonchev–Trinajstić information content (AvgIpc) is 3.16. The molecule has 2 fully saturated rings. The zero-order valence-corrected chi connectivity index (χ0v) is 23.0. The summed E-state index contributed by atoms with van der Waals surface area (Å²) in [6, 6.07) is -1.27. The predicted molar refractivity (Wildman–Crippen MR) is 141 cm³/mol. The van der Waals surface area contributed by atoms with Crippen LogP contribution in [0.2, 0.25) is 0 Å². The second kappa shape index (κ2) is 10.9. The van der Waals surface area contributed by atoms with Crippen molar-refractivity contribution in [2.75, 3.05) is 26.3 Å². The Bertz CT molecular complexity index is 920. The molecule has 4 aliphatic heterocycles. The molecule has 200 valence electrons. The van der Waals surface area contributed by atoms with Crippen LogP contribution in [-0.2, 0) is 19.1 Å². The van der Waals surface area contributed by atoms with E-state index < -0.39 is 33.4 Å². The van der Waals surface area contributed by atoms with Crippen LogP contribution in [0.3, 0.4) is 0 Å². The van der Waals surface area contributed by atoms with Gasteiger partial charge in [-0.3, -0.25) is 14.4 Å². The molecule has 0 aromatic heterocycles. The van der Waals surface area contributed by atoms with E-state index in [2.05, 4.69) is 19.1 Å². The monoisotopic (exact) mass is 518 g/mol. The molecule has 36 heavy (non-hydrogen) atoms. The maximum Gasteiger partial charge on any atom is 0.311 e. The molecule has 4 aliphatic rings. The van der Waals surface area contributed by atoms with Crippen LogP contribution in [0.15, 0.2) is 24.3 Å². The van der Waals surface area contributed by atoms with Gasteiger partial charge in [0.2, 0.25) is 11.8 Å². The fourth-order valence-corrected chi connectivity index (χ4v) is 8.65. The number of likely N-dealkylation sites (tertiary alicyclic amines) is 1. The summed E-state index contributed by atoms with van der Waals surface area (Å²) in [7, 11) is 0. The number of esters is 1. The molecule has 2 saturated heterocycles. The van der Waals surface area contributed by atoms with E-state index in [0.29, 0.717) is 19.7 Å². The summed E-state index contributed by atoms with van der Waals surface area (Å²) in [5.41, 5.74) is 0. The molecule has 0 aliphatic carbocycles. The fraction of sp³-hybridized carbons (Fsp3) is 0.750. The summed E-state index contributed by atoms with van der Waals surface area (Å²) in [6.45, 7) is 9.31. The van der Waals surface area contributed by atoms with Crippen molar-refractivity contribution < 1.29 is 24.2 Å². The van der Waals surface area contributed by atoms with Crippen LogP contribution in [-0.4, -0.2) is 80.6 Å². The summed E-state index contributed by atoms with van der Waals surface area (Å²) >= 11 is 1.57. The lowest BCUT2D eigenvalue weighted by atomic mass is 9.74. The number of ether oxygens (including phenoxy) is 1. The first-order valence-electron chi connectivity index (χ1n) is 13.7. The number of aliphatic hydroxyl groups is 1. The van der Waals surface area contributed by atoms with Crippen LogP contribution in [0.25, 0.3) is 0 Å². The van der Waals surface area contributed by atoms with Gasteiger partial charge in [-0.2, -0.15) is 0 Å². The molecule has 4 heterocycles. The molecule has 1 spiro atoms. The molecule has 0 aromatic carbocycles. The molecular formula is C28H42N2O5S. The minimum absolute atomic E-state index is 0.0457. The van der Waals surface area contributed by atoms with Crippen LogP contribution >= 0.6 is 11.8 Å². The van der Waals surface area contributed by atoms with Crippen molar-refractivity contribution in [3.8, 4) is 0 Å². The smallest absolute Gasteiger partial charge is 0.311 e. The Morgan fingerprint density at radius 2 is 1.89 bits per heavy atom. The van der Waals surface area contributed by atoms with Crippen LogP contribution < -0.4 is 0 Å². The highest BCUT2D eigenvalue weighted by Gasteiger charge is 2.74. The minimum Gasteiger partial charge on any atom is -0.465 e. The quantitative estimate of drug-likeness (QED) is 0.315. The number of allylic oxidation sites excluding steroid dienone is 1. The van der Waals surface area contributed by atoms with Gasteiger partial charge in [0.1, 0.15) is 6.04 Å². The van der Waals surface area contributed by atoms with Gasteiger partial charge in [0.05, 0.1) is 35.8 Å². The Morgan fingerprint density at radius 1 is 1.11 bits per heavy atom. The number of nitrogens with zero attached hydrogens (tertiary/aromatic N) is 2. The number of carbonyl (C=O) groups is 3. The van der Waals surface area contributed by atoms with E-state index in [9.17, 15) is 19.5 Å². The first-order chi connectivity index (χ1) is 17.2. The highest BCUT2D eigenvalue weighted by molar-refractivity contribution is 8.02. The van der Waals surface area contributed by atoms with Crippen molar-refractivity contribution in [2.45, 2.75) is 87.8 Å². The largest absolute Gasteiger partial charge is 0.465 e. The van der Waals surface area contributed by atoms with Gasteiger partial charge < -0.3 is 19.6 Å². The zero-order chi connectivity index (χ0) is 26.1. The lowest BCUT2D eigenvalue weighted by molar-refractivity contribution is -0.155. The normalized spacial score (nSPS) is 36.3. The molecule has 1 N–H and O–H groups in total. The summed E-state index contributed by atoms with van der Waals surface area (Å²) in [5, 5.41) is 10.4.